The van der Waals surface area contributed by atoms with Crippen molar-refractivity contribution in [1.82, 2.24) is 4.98 Å². The molecule has 15 heavy (non-hydrogen) atoms. The highest BCUT2D eigenvalue weighted by Crippen LogP contribution is 2.28. The number of halogens is 1. The van der Waals surface area contributed by atoms with Crippen LogP contribution in [0.15, 0.2) is 24.3 Å². The van der Waals surface area contributed by atoms with Gasteiger partial charge >= 0.3 is 5.97 Å². The van der Waals surface area contributed by atoms with Gasteiger partial charge in [-0.1, -0.05) is 12.1 Å². The van der Waals surface area contributed by atoms with Gasteiger partial charge in [-0.2, -0.15) is 4.39 Å². The Hall–Kier alpha value is -2.17. The number of carboxylic acid groups (broad SMARTS) is 1. The number of aromatic carboxylic acids is 1. The van der Waals surface area contributed by atoms with E-state index >= 15 is 0 Å². The third-order valence-corrected chi connectivity index (χ3v) is 2.03. The average molecular weight is 207 g/mol. The van der Waals surface area contributed by atoms with Gasteiger partial charge in [-0.25, -0.2) is 9.78 Å². The van der Waals surface area contributed by atoms with Crippen LogP contribution in [0.5, 0.6) is 5.75 Å². The van der Waals surface area contributed by atoms with Crippen LogP contribution in [-0.2, 0) is 0 Å². The number of carbonyl (C=O) groups is 1. The van der Waals surface area contributed by atoms with Crippen molar-refractivity contribution in [2.24, 2.45) is 0 Å². The van der Waals surface area contributed by atoms with Crippen LogP contribution in [0.1, 0.15) is 10.4 Å². The summed E-state index contributed by atoms with van der Waals surface area (Å²) in [6.07, 6.45) is 0. The topological polar surface area (TPSA) is 70.4 Å². The summed E-state index contributed by atoms with van der Waals surface area (Å²) in [4.78, 5) is 14.1. The van der Waals surface area contributed by atoms with Crippen LogP contribution in [0.25, 0.3) is 10.9 Å². The third kappa shape index (κ3) is 1.38. The molecule has 0 saturated carbocycles. The molecule has 0 atom stereocenters. The molecule has 1 aromatic carbocycles. The first-order valence-electron chi connectivity index (χ1n) is 4.11. The first-order valence-corrected chi connectivity index (χ1v) is 4.11. The molecule has 0 unspecified atom stereocenters. The van der Waals surface area contributed by atoms with Crippen molar-refractivity contribution < 1.29 is 19.4 Å². The molecule has 0 spiro atoms. The van der Waals surface area contributed by atoms with Crippen molar-refractivity contribution in [2.45, 2.75) is 0 Å². The molecule has 0 aliphatic carbocycles. The summed E-state index contributed by atoms with van der Waals surface area (Å²) in [5.74, 6) is -3.31. The molecule has 1 aromatic heterocycles. The van der Waals surface area contributed by atoms with E-state index in [1.807, 2.05) is 0 Å². The number of carboxylic acids is 1. The second kappa shape index (κ2) is 3.20. The zero-order chi connectivity index (χ0) is 11.0. The summed E-state index contributed by atoms with van der Waals surface area (Å²) in [6, 6.07) is 6.19. The van der Waals surface area contributed by atoms with E-state index < -0.39 is 23.2 Å². The SMILES string of the molecule is O=C(O)c1c(F)nc2ccccc2c1O. The highest BCUT2D eigenvalue weighted by Gasteiger charge is 2.19. The van der Waals surface area contributed by atoms with Crippen molar-refractivity contribution in [1.29, 1.82) is 0 Å². The number of hydrogen-bond donors (Lipinski definition) is 2. The number of pyridine rings is 1. The van der Waals surface area contributed by atoms with Gasteiger partial charge in [-0.15, -0.1) is 0 Å². The van der Waals surface area contributed by atoms with E-state index in [1.165, 1.54) is 12.1 Å². The highest BCUT2D eigenvalue weighted by atomic mass is 19.1. The Labute approximate surface area is 83.6 Å². The van der Waals surface area contributed by atoms with Crippen LogP contribution >= 0.6 is 0 Å². The Bertz CT molecular complexity index is 554. The van der Waals surface area contributed by atoms with Crippen molar-refractivity contribution in [3.05, 3.63) is 35.8 Å². The molecular formula is C10H6FNO3. The van der Waals surface area contributed by atoms with Crippen molar-refractivity contribution in [2.75, 3.05) is 0 Å². The molecule has 0 fully saturated rings. The number of aromatic nitrogens is 1. The molecule has 2 aromatic rings. The van der Waals surface area contributed by atoms with Gasteiger partial charge in [-0.3, -0.25) is 0 Å². The molecule has 0 amide bonds. The smallest absolute Gasteiger partial charge is 0.344 e. The molecule has 4 nitrogen and oxygen atoms in total. The Balaban J connectivity index is 2.90. The van der Waals surface area contributed by atoms with E-state index in [0.29, 0.717) is 0 Å². The standard InChI is InChI=1S/C10H6FNO3/c11-9-7(10(14)15)8(13)5-3-1-2-4-6(5)12-9/h1-4H,(H,12,13)(H,14,15). The number of aromatic hydroxyl groups is 1. The first-order chi connectivity index (χ1) is 7.11. The van der Waals surface area contributed by atoms with Gasteiger partial charge < -0.3 is 10.2 Å². The van der Waals surface area contributed by atoms with E-state index in [0.717, 1.165) is 0 Å². The van der Waals surface area contributed by atoms with Gasteiger partial charge in [0.15, 0.2) is 5.56 Å². The maximum absolute atomic E-state index is 13.2. The number of nitrogens with zero attached hydrogens (tertiary/aromatic N) is 1. The van der Waals surface area contributed by atoms with Crippen molar-refractivity contribution in [3.63, 3.8) is 0 Å². The molecule has 2 N–H and O–H groups in total. The Kier molecular flexibility index (Phi) is 2.00. The number of fused-ring (bicyclic) bond motifs is 1. The molecule has 5 heteroatoms. The molecular weight excluding hydrogens is 201 g/mol. The summed E-state index contributed by atoms with van der Waals surface area (Å²) >= 11 is 0. The monoisotopic (exact) mass is 207 g/mol. The number of benzene rings is 1. The lowest BCUT2D eigenvalue weighted by atomic mass is 10.1. The lowest BCUT2D eigenvalue weighted by Crippen LogP contribution is -2.03. The van der Waals surface area contributed by atoms with E-state index in [2.05, 4.69) is 4.98 Å². The van der Waals surface area contributed by atoms with Crippen molar-refractivity contribution >= 4 is 16.9 Å². The molecule has 0 saturated heterocycles. The molecule has 0 aliphatic rings. The fourth-order valence-electron chi connectivity index (χ4n) is 1.35. The van der Waals surface area contributed by atoms with Gasteiger partial charge in [0.25, 0.3) is 0 Å². The lowest BCUT2D eigenvalue weighted by Gasteiger charge is -2.04. The summed E-state index contributed by atoms with van der Waals surface area (Å²) in [7, 11) is 0. The Morgan fingerprint density at radius 2 is 2.00 bits per heavy atom. The fourth-order valence-corrected chi connectivity index (χ4v) is 1.35. The Morgan fingerprint density at radius 3 is 2.67 bits per heavy atom. The Morgan fingerprint density at radius 1 is 1.33 bits per heavy atom. The minimum Gasteiger partial charge on any atom is -0.506 e. The maximum atomic E-state index is 13.2. The number of para-hydroxylation sites is 1. The van der Waals surface area contributed by atoms with E-state index in [-0.39, 0.29) is 10.9 Å². The van der Waals surface area contributed by atoms with Crippen LogP contribution in [0.4, 0.5) is 4.39 Å². The predicted molar refractivity (Wildman–Crippen MR) is 50.3 cm³/mol. The third-order valence-electron chi connectivity index (χ3n) is 2.03. The molecule has 0 radical (unpaired) electrons. The van der Waals surface area contributed by atoms with E-state index in [4.69, 9.17) is 5.11 Å². The van der Waals surface area contributed by atoms with Crippen LogP contribution in [0, 0.1) is 5.95 Å². The minimum absolute atomic E-state index is 0.219. The van der Waals surface area contributed by atoms with Crippen molar-refractivity contribution in [3.8, 4) is 5.75 Å². The zero-order valence-corrected chi connectivity index (χ0v) is 7.44. The van der Waals surface area contributed by atoms with E-state index in [9.17, 15) is 14.3 Å². The van der Waals surface area contributed by atoms with Crippen LogP contribution in [0.3, 0.4) is 0 Å². The molecule has 2 rings (SSSR count). The quantitative estimate of drug-likeness (QED) is 0.699. The normalized spacial score (nSPS) is 10.5. The molecule has 76 valence electrons. The van der Waals surface area contributed by atoms with E-state index in [1.54, 1.807) is 12.1 Å². The summed E-state index contributed by atoms with van der Waals surface area (Å²) in [6.45, 7) is 0. The van der Waals surface area contributed by atoms with Crippen LogP contribution in [-0.4, -0.2) is 21.2 Å². The summed E-state index contributed by atoms with van der Waals surface area (Å²) in [5, 5.41) is 18.4. The van der Waals surface area contributed by atoms with Gasteiger partial charge in [0.1, 0.15) is 5.75 Å². The second-order valence-electron chi connectivity index (χ2n) is 2.95. The van der Waals surface area contributed by atoms with Gasteiger partial charge in [-0.05, 0) is 12.1 Å². The summed E-state index contributed by atoms with van der Waals surface area (Å²) < 4.78 is 13.2. The number of hydrogen-bond acceptors (Lipinski definition) is 3. The predicted octanol–water partition coefficient (Wildman–Crippen LogP) is 1.78. The molecule has 0 bridgehead atoms. The van der Waals surface area contributed by atoms with Gasteiger partial charge in [0.2, 0.25) is 5.95 Å². The average Bonchev–Trinajstić information content (AvgIpc) is 2.17. The van der Waals surface area contributed by atoms with Gasteiger partial charge in [0.05, 0.1) is 5.52 Å². The zero-order valence-electron chi connectivity index (χ0n) is 7.44. The molecule has 1 heterocycles. The number of rotatable bonds is 1. The highest BCUT2D eigenvalue weighted by molar-refractivity contribution is 5.98. The largest absolute Gasteiger partial charge is 0.506 e. The lowest BCUT2D eigenvalue weighted by molar-refractivity contribution is 0.0687. The second-order valence-corrected chi connectivity index (χ2v) is 2.95. The molecule has 0 aliphatic heterocycles. The van der Waals surface area contributed by atoms with Gasteiger partial charge in [0, 0.05) is 5.39 Å². The minimum atomic E-state index is -1.54. The summed E-state index contributed by atoms with van der Waals surface area (Å²) in [5.41, 5.74) is -0.578. The first kappa shape index (κ1) is 9.39. The van der Waals surface area contributed by atoms with Crippen LogP contribution in [0.2, 0.25) is 0 Å². The maximum Gasteiger partial charge on any atom is 0.344 e. The van der Waals surface area contributed by atoms with Crippen LogP contribution < -0.4 is 0 Å². The fraction of sp³-hybridized carbons (Fsp3) is 0.